The summed E-state index contributed by atoms with van der Waals surface area (Å²) in [5, 5.41) is 7.56. The van der Waals surface area contributed by atoms with Crippen molar-refractivity contribution in [2.24, 2.45) is 0 Å². The molecule has 148 valence electrons. The second kappa shape index (κ2) is 8.34. The molecule has 3 amide bonds. The monoisotopic (exact) mass is 399 g/mol. The van der Waals surface area contributed by atoms with Crippen LogP contribution in [0.15, 0.2) is 35.5 Å². The molecule has 1 N–H and O–H groups in total. The second-order valence-corrected chi connectivity index (χ2v) is 8.62. The molecule has 2 heterocycles. The molecular weight excluding hydrogens is 374 g/mol. The summed E-state index contributed by atoms with van der Waals surface area (Å²) in [4.78, 5) is 30.5. The molecule has 1 aromatic carbocycles. The van der Waals surface area contributed by atoms with E-state index in [1.54, 1.807) is 0 Å². The van der Waals surface area contributed by atoms with Gasteiger partial charge in [-0.1, -0.05) is 49.2 Å². The molecule has 4 rings (SSSR count). The standard InChI is InChI=1S/C20H25N5O2S/c1-14(18(26)24-13-12-21-20(24)27)28-19-22-17(15-8-4-2-5-9-15)25(23-19)16-10-6-3-7-11-16/h3,6-7,10-11,14-15H,2,4-5,8-9,12-13H2,1H3,(H,21,27). The van der Waals surface area contributed by atoms with E-state index in [2.05, 4.69) is 5.32 Å². The number of carbonyl (C=O) groups is 2. The number of thioether (sulfide) groups is 1. The van der Waals surface area contributed by atoms with Gasteiger partial charge in [-0.15, -0.1) is 5.10 Å². The minimum Gasteiger partial charge on any atom is -0.336 e. The summed E-state index contributed by atoms with van der Waals surface area (Å²) < 4.78 is 1.93. The van der Waals surface area contributed by atoms with Gasteiger partial charge in [0.25, 0.3) is 0 Å². The fourth-order valence-electron chi connectivity index (χ4n) is 3.85. The number of hydrogen-bond acceptors (Lipinski definition) is 5. The minimum absolute atomic E-state index is 0.199. The predicted octanol–water partition coefficient (Wildman–Crippen LogP) is 3.35. The normalized spacial score (nSPS) is 18.9. The first-order valence-corrected chi connectivity index (χ1v) is 10.8. The summed E-state index contributed by atoms with van der Waals surface area (Å²) in [6, 6.07) is 9.71. The predicted molar refractivity (Wildman–Crippen MR) is 108 cm³/mol. The van der Waals surface area contributed by atoms with Crippen LogP contribution in [0.4, 0.5) is 4.79 Å². The van der Waals surface area contributed by atoms with Gasteiger partial charge in [-0.3, -0.25) is 9.69 Å². The van der Waals surface area contributed by atoms with Gasteiger partial charge in [0, 0.05) is 19.0 Å². The topological polar surface area (TPSA) is 80.1 Å². The molecule has 2 fully saturated rings. The second-order valence-electron chi connectivity index (χ2n) is 7.32. The highest BCUT2D eigenvalue weighted by molar-refractivity contribution is 8.00. The van der Waals surface area contributed by atoms with Gasteiger partial charge in [-0.25, -0.2) is 14.5 Å². The largest absolute Gasteiger partial charge is 0.336 e. The van der Waals surface area contributed by atoms with E-state index in [9.17, 15) is 9.59 Å². The quantitative estimate of drug-likeness (QED) is 0.780. The van der Waals surface area contributed by atoms with E-state index in [-0.39, 0.29) is 11.9 Å². The Morgan fingerprint density at radius 1 is 1.21 bits per heavy atom. The molecule has 1 saturated carbocycles. The number of imide groups is 1. The summed E-state index contributed by atoms with van der Waals surface area (Å²) in [5.74, 6) is 1.17. The van der Waals surface area contributed by atoms with Crippen LogP contribution in [0.2, 0.25) is 0 Å². The molecule has 1 aromatic heterocycles. The molecule has 7 nitrogen and oxygen atoms in total. The van der Waals surface area contributed by atoms with Crippen molar-refractivity contribution in [3.8, 4) is 5.69 Å². The maximum atomic E-state index is 12.6. The fraction of sp³-hybridized carbons (Fsp3) is 0.500. The van der Waals surface area contributed by atoms with E-state index >= 15 is 0 Å². The number of aromatic nitrogens is 3. The lowest BCUT2D eigenvalue weighted by molar-refractivity contribution is -0.126. The Hall–Kier alpha value is -2.35. The van der Waals surface area contributed by atoms with Gasteiger partial charge >= 0.3 is 6.03 Å². The number of urea groups is 1. The van der Waals surface area contributed by atoms with Crippen molar-refractivity contribution in [3.63, 3.8) is 0 Å². The third kappa shape index (κ3) is 3.92. The number of para-hydroxylation sites is 1. The van der Waals surface area contributed by atoms with Gasteiger partial charge in [0.15, 0.2) is 0 Å². The summed E-state index contributed by atoms with van der Waals surface area (Å²) in [7, 11) is 0. The SMILES string of the molecule is CC(Sc1nc(C2CCCCC2)n(-c2ccccc2)n1)C(=O)N1CCNC1=O. The van der Waals surface area contributed by atoms with Crippen molar-refractivity contribution < 1.29 is 9.59 Å². The van der Waals surface area contributed by atoms with E-state index in [0.29, 0.717) is 24.2 Å². The zero-order valence-corrected chi connectivity index (χ0v) is 16.8. The molecule has 1 aliphatic carbocycles. The molecule has 0 bridgehead atoms. The number of hydrogen-bond donors (Lipinski definition) is 1. The van der Waals surface area contributed by atoms with Crippen molar-refractivity contribution in [1.29, 1.82) is 0 Å². The number of benzene rings is 1. The van der Waals surface area contributed by atoms with E-state index in [4.69, 9.17) is 10.1 Å². The van der Waals surface area contributed by atoms with Crippen molar-refractivity contribution in [1.82, 2.24) is 25.0 Å². The molecule has 8 heteroatoms. The smallest absolute Gasteiger partial charge is 0.324 e. The van der Waals surface area contributed by atoms with Crippen LogP contribution in [0.5, 0.6) is 0 Å². The van der Waals surface area contributed by atoms with Crippen LogP contribution in [0.3, 0.4) is 0 Å². The molecule has 1 aliphatic heterocycles. The average molecular weight is 400 g/mol. The van der Waals surface area contributed by atoms with Crippen molar-refractivity contribution in [3.05, 3.63) is 36.2 Å². The lowest BCUT2D eigenvalue weighted by atomic mass is 9.88. The number of nitrogens with zero attached hydrogens (tertiary/aromatic N) is 4. The molecular formula is C20H25N5O2S. The summed E-state index contributed by atoms with van der Waals surface area (Å²) in [6.45, 7) is 2.73. The summed E-state index contributed by atoms with van der Waals surface area (Å²) in [6.07, 6.45) is 5.96. The summed E-state index contributed by atoms with van der Waals surface area (Å²) >= 11 is 1.32. The Balaban J connectivity index is 1.58. The molecule has 28 heavy (non-hydrogen) atoms. The van der Waals surface area contributed by atoms with Crippen molar-refractivity contribution >= 4 is 23.7 Å². The first-order chi connectivity index (χ1) is 13.6. The highest BCUT2D eigenvalue weighted by Crippen LogP contribution is 2.34. The number of carbonyl (C=O) groups excluding carboxylic acids is 2. The first-order valence-electron chi connectivity index (χ1n) is 9.91. The van der Waals surface area contributed by atoms with Gasteiger partial charge < -0.3 is 5.32 Å². The Morgan fingerprint density at radius 2 is 1.96 bits per heavy atom. The van der Waals surface area contributed by atoms with Gasteiger partial charge in [-0.2, -0.15) is 0 Å². The zero-order chi connectivity index (χ0) is 19.5. The molecule has 0 spiro atoms. The maximum absolute atomic E-state index is 12.6. The zero-order valence-electron chi connectivity index (χ0n) is 16.0. The third-order valence-electron chi connectivity index (χ3n) is 5.34. The van der Waals surface area contributed by atoms with Gasteiger partial charge in [0.1, 0.15) is 5.82 Å². The van der Waals surface area contributed by atoms with E-state index in [0.717, 1.165) is 24.4 Å². The molecule has 0 radical (unpaired) electrons. The lowest BCUT2D eigenvalue weighted by Gasteiger charge is -2.21. The number of amides is 3. The number of rotatable bonds is 5. The Labute approximate surface area is 168 Å². The Bertz CT molecular complexity index is 848. The van der Waals surface area contributed by atoms with E-state index in [1.807, 2.05) is 41.9 Å². The van der Waals surface area contributed by atoms with Gasteiger partial charge in [0.2, 0.25) is 11.1 Å². The van der Waals surface area contributed by atoms with E-state index in [1.165, 1.54) is 35.9 Å². The minimum atomic E-state index is -0.422. The average Bonchev–Trinajstić information content (AvgIpc) is 3.35. The molecule has 1 saturated heterocycles. The highest BCUT2D eigenvalue weighted by atomic mass is 32.2. The first kappa shape index (κ1) is 19.0. The Kier molecular flexibility index (Phi) is 5.66. The highest BCUT2D eigenvalue weighted by Gasteiger charge is 2.31. The van der Waals surface area contributed by atoms with Gasteiger partial charge in [0.05, 0.1) is 10.9 Å². The van der Waals surface area contributed by atoms with Crippen LogP contribution in [0, 0.1) is 0 Å². The fourth-order valence-corrected chi connectivity index (χ4v) is 4.67. The van der Waals surface area contributed by atoms with Crippen LogP contribution in [-0.4, -0.2) is 49.9 Å². The van der Waals surface area contributed by atoms with E-state index < -0.39 is 5.25 Å². The molecule has 2 aromatic rings. The number of nitrogens with one attached hydrogen (secondary N) is 1. The van der Waals surface area contributed by atoms with Crippen LogP contribution in [0.25, 0.3) is 5.69 Å². The summed E-state index contributed by atoms with van der Waals surface area (Å²) in [5.41, 5.74) is 0.986. The van der Waals surface area contributed by atoms with Crippen molar-refractivity contribution in [2.75, 3.05) is 13.1 Å². The molecule has 1 atom stereocenters. The van der Waals surface area contributed by atoms with Crippen LogP contribution in [0.1, 0.15) is 50.8 Å². The Morgan fingerprint density at radius 3 is 2.64 bits per heavy atom. The lowest BCUT2D eigenvalue weighted by Crippen LogP contribution is -2.38. The van der Waals surface area contributed by atoms with Crippen LogP contribution < -0.4 is 5.32 Å². The molecule has 1 unspecified atom stereocenters. The van der Waals surface area contributed by atoms with Crippen LogP contribution >= 0.6 is 11.8 Å². The van der Waals surface area contributed by atoms with Gasteiger partial charge in [-0.05, 0) is 31.9 Å². The third-order valence-corrected chi connectivity index (χ3v) is 6.28. The van der Waals surface area contributed by atoms with Crippen LogP contribution in [-0.2, 0) is 4.79 Å². The maximum Gasteiger partial charge on any atom is 0.324 e. The van der Waals surface area contributed by atoms with Crippen molar-refractivity contribution in [2.45, 2.75) is 55.4 Å². The molecule has 2 aliphatic rings.